The van der Waals surface area contributed by atoms with E-state index < -0.39 is 0 Å². The Morgan fingerprint density at radius 2 is 1.16 bits per heavy atom. The zero-order valence-electron chi connectivity index (χ0n) is 28.0. The molecule has 6 aromatic carbocycles. The van der Waals surface area contributed by atoms with Crippen molar-refractivity contribution in [3.8, 4) is 33.9 Å². The van der Waals surface area contributed by atoms with Gasteiger partial charge >= 0.3 is 0 Å². The highest BCUT2D eigenvalue weighted by atomic mass is 15.2. The summed E-state index contributed by atoms with van der Waals surface area (Å²) in [4.78, 5) is 5.35. The van der Waals surface area contributed by atoms with E-state index in [1.165, 1.54) is 76.2 Å². The maximum Gasteiger partial charge on any atom is 0.220 e. The van der Waals surface area contributed by atoms with Crippen LogP contribution in [0.2, 0.25) is 0 Å². The maximum atomic E-state index is 5.35. The third kappa shape index (κ3) is 3.43. The monoisotopic (exact) mass is 643 g/mol. The molecule has 0 radical (unpaired) electrons. The van der Waals surface area contributed by atoms with Gasteiger partial charge in [0.05, 0.1) is 22.1 Å². The van der Waals surface area contributed by atoms with Gasteiger partial charge in [-0.25, -0.2) is 4.98 Å². The van der Waals surface area contributed by atoms with Crippen LogP contribution in [0.4, 0.5) is 0 Å². The van der Waals surface area contributed by atoms with Crippen molar-refractivity contribution in [2.45, 2.75) is 37.5 Å². The first kappa shape index (κ1) is 27.4. The molecular weight excluding hydrogens is 607 g/mol. The molecule has 1 spiro atoms. The van der Waals surface area contributed by atoms with Crippen molar-refractivity contribution in [3.05, 3.63) is 151 Å². The van der Waals surface area contributed by atoms with Crippen LogP contribution in [0, 0.1) is 23.7 Å². The Hall–Kier alpha value is -5.41. The zero-order chi connectivity index (χ0) is 32.6. The highest BCUT2D eigenvalue weighted by molar-refractivity contribution is 6.10. The van der Waals surface area contributed by atoms with E-state index in [4.69, 9.17) is 4.98 Å². The first-order valence-electron chi connectivity index (χ1n) is 18.6. The van der Waals surface area contributed by atoms with Crippen LogP contribution in [0.5, 0.6) is 0 Å². The first-order valence-corrected chi connectivity index (χ1v) is 18.6. The van der Waals surface area contributed by atoms with E-state index in [9.17, 15) is 0 Å². The predicted octanol–water partition coefficient (Wildman–Crippen LogP) is 11.5. The molecule has 50 heavy (non-hydrogen) atoms. The van der Waals surface area contributed by atoms with Crippen LogP contribution in [0.25, 0.3) is 66.7 Å². The molecule has 0 amide bonds. The van der Waals surface area contributed by atoms with Crippen LogP contribution >= 0.6 is 0 Å². The summed E-state index contributed by atoms with van der Waals surface area (Å²) in [6.45, 7) is 0. The van der Waals surface area contributed by atoms with E-state index in [-0.39, 0.29) is 5.41 Å². The normalized spacial score (nSPS) is 24.5. The standard InChI is InChI=1S/C47H37N3/c1-2-11-34(12-3-1)49-43-20-9-7-18-41(43)48-46(49)50-42-19-8-5-13-36(42)37-22-21-31(28-44(37)50)35-15-10-17-40-45(35)38-14-4-6-16-39(38)47(40)32-24-29-23-30(26-32)27-33(47)25-29/h1-22,28-30,32-33H,23-27H2. The van der Waals surface area contributed by atoms with E-state index >= 15 is 0 Å². The molecule has 4 saturated carbocycles. The van der Waals surface area contributed by atoms with Crippen LogP contribution in [0.3, 0.4) is 0 Å². The van der Waals surface area contributed by atoms with Gasteiger partial charge in [-0.1, -0.05) is 103 Å². The van der Waals surface area contributed by atoms with Crippen molar-refractivity contribution < 1.29 is 0 Å². The molecule has 3 nitrogen and oxygen atoms in total. The Morgan fingerprint density at radius 3 is 2.00 bits per heavy atom. The summed E-state index contributed by atoms with van der Waals surface area (Å²) in [5.41, 5.74) is 14.5. The molecule has 4 fully saturated rings. The Kier molecular flexibility index (Phi) is 5.40. The first-order chi connectivity index (χ1) is 24.8. The van der Waals surface area contributed by atoms with Gasteiger partial charge in [0, 0.05) is 21.9 Å². The second kappa shape index (κ2) is 9.85. The molecule has 13 rings (SSSR count). The second-order valence-corrected chi connectivity index (χ2v) is 15.6. The van der Waals surface area contributed by atoms with Gasteiger partial charge < -0.3 is 0 Å². The number of nitrogens with zero attached hydrogens (tertiary/aromatic N) is 3. The molecule has 240 valence electrons. The fourth-order valence-electron chi connectivity index (χ4n) is 11.8. The summed E-state index contributed by atoms with van der Waals surface area (Å²) < 4.78 is 4.72. The summed E-state index contributed by atoms with van der Waals surface area (Å²) in [6, 6.07) is 51.9. The fourth-order valence-corrected chi connectivity index (χ4v) is 11.8. The van der Waals surface area contributed by atoms with E-state index in [0.29, 0.717) is 0 Å². The number of fused-ring (bicyclic) bond motifs is 7. The lowest BCUT2D eigenvalue weighted by Gasteiger charge is -2.61. The quantitative estimate of drug-likeness (QED) is 0.188. The number of aromatic nitrogens is 3. The van der Waals surface area contributed by atoms with E-state index in [2.05, 4.69) is 149 Å². The van der Waals surface area contributed by atoms with Gasteiger partial charge in [-0.3, -0.25) is 9.13 Å². The summed E-state index contributed by atoms with van der Waals surface area (Å²) in [6.07, 6.45) is 7.08. The molecular formula is C47H37N3. The molecule has 2 heterocycles. The largest absolute Gasteiger partial charge is 0.279 e. The minimum absolute atomic E-state index is 0.162. The van der Waals surface area contributed by atoms with Gasteiger partial charge in [0.1, 0.15) is 0 Å². The molecule has 3 heteroatoms. The van der Waals surface area contributed by atoms with Crippen molar-refractivity contribution in [2.24, 2.45) is 23.7 Å². The number of imidazole rings is 1. The Morgan fingerprint density at radius 1 is 0.500 bits per heavy atom. The third-order valence-corrected chi connectivity index (χ3v) is 13.3. The van der Waals surface area contributed by atoms with Crippen molar-refractivity contribution in [1.29, 1.82) is 0 Å². The number of hydrogen-bond donors (Lipinski definition) is 0. The van der Waals surface area contributed by atoms with Crippen molar-refractivity contribution in [2.75, 3.05) is 0 Å². The lowest BCUT2D eigenvalue weighted by Crippen LogP contribution is -2.55. The minimum Gasteiger partial charge on any atom is -0.279 e. The van der Waals surface area contributed by atoms with E-state index in [1.807, 2.05) is 0 Å². The van der Waals surface area contributed by atoms with Crippen LogP contribution in [-0.2, 0) is 5.41 Å². The van der Waals surface area contributed by atoms with Gasteiger partial charge in [0.2, 0.25) is 5.95 Å². The highest BCUT2D eigenvalue weighted by Gasteiger charge is 2.61. The molecule has 8 aromatic rings. The molecule has 4 bridgehead atoms. The number of hydrogen-bond acceptors (Lipinski definition) is 1. The number of benzene rings is 6. The van der Waals surface area contributed by atoms with Gasteiger partial charge in [-0.05, 0) is 126 Å². The summed E-state index contributed by atoms with van der Waals surface area (Å²) >= 11 is 0. The zero-order valence-corrected chi connectivity index (χ0v) is 28.0. The Labute approximate surface area is 291 Å². The van der Waals surface area contributed by atoms with Gasteiger partial charge in [0.25, 0.3) is 0 Å². The maximum absolute atomic E-state index is 5.35. The number of para-hydroxylation sites is 4. The van der Waals surface area contributed by atoms with Crippen LogP contribution in [-0.4, -0.2) is 14.1 Å². The van der Waals surface area contributed by atoms with Gasteiger partial charge in [-0.2, -0.15) is 0 Å². The lowest BCUT2D eigenvalue weighted by atomic mass is 9.43. The number of rotatable bonds is 3. The smallest absolute Gasteiger partial charge is 0.220 e. The lowest BCUT2D eigenvalue weighted by molar-refractivity contribution is -0.0399. The molecule has 2 aromatic heterocycles. The van der Waals surface area contributed by atoms with Crippen molar-refractivity contribution in [3.63, 3.8) is 0 Å². The van der Waals surface area contributed by atoms with Gasteiger partial charge in [-0.15, -0.1) is 0 Å². The van der Waals surface area contributed by atoms with E-state index in [1.54, 1.807) is 11.1 Å². The van der Waals surface area contributed by atoms with E-state index in [0.717, 1.165) is 46.3 Å². The fraction of sp³-hybridized carbons (Fsp3) is 0.213. The van der Waals surface area contributed by atoms with Crippen molar-refractivity contribution in [1.82, 2.24) is 14.1 Å². The second-order valence-electron chi connectivity index (χ2n) is 15.6. The topological polar surface area (TPSA) is 22.8 Å². The molecule has 0 saturated heterocycles. The Bertz CT molecular complexity index is 2650. The van der Waals surface area contributed by atoms with Crippen molar-refractivity contribution >= 4 is 32.8 Å². The highest BCUT2D eigenvalue weighted by Crippen LogP contribution is 2.70. The average molecular weight is 644 g/mol. The summed E-state index contributed by atoms with van der Waals surface area (Å²) in [5, 5.41) is 2.50. The van der Waals surface area contributed by atoms with Gasteiger partial charge in [0.15, 0.2) is 0 Å². The predicted molar refractivity (Wildman–Crippen MR) is 204 cm³/mol. The Balaban J connectivity index is 1.13. The van der Waals surface area contributed by atoms with Crippen LogP contribution in [0.1, 0.15) is 43.2 Å². The minimum atomic E-state index is 0.162. The SMILES string of the molecule is c1ccc(-n2c(-n3c4ccccc4c4ccc(-c5cccc6c5-c5ccccc5C65C6CC7CC(C6)CC5C7)cc43)nc3ccccc32)cc1. The third-order valence-electron chi connectivity index (χ3n) is 13.3. The summed E-state index contributed by atoms with van der Waals surface area (Å²) in [5.74, 6) is 4.30. The van der Waals surface area contributed by atoms with Crippen LogP contribution in [0.15, 0.2) is 140 Å². The molecule has 0 atom stereocenters. The molecule has 0 N–H and O–H groups in total. The molecule has 5 aliphatic rings. The average Bonchev–Trinajstić information content (AvgIpc) is 3.80. The molecule has 0 unspecified atom stereocenters. The molecule has 0 aliphatic heterocycles. The van der Waals surface area contributed by atoms with Crippen LogP contribution < -0.4 is 0 Å². The molecule has 5 aliphatic carbocycles. The summed E-state index contributed by atoms with van der Waals surface area (Å²) in [7, 11) is 0.